The summed E-state index contributed by atoms with van der Waals surface area (Å²) in [5.74, 6) is 0. The highest BCUT2D eigenvalue weighted by Gasteiger charge is 2.41. The van der Waals surface area contributed by atoms with Gasteiger partial charge in [-0.05, 0) is 66.8 Å². The van der Waals surface area contributed by atoms with Gasteiger partial charge in [0, 0.05) is 55.3 Å². The van der Waals surface area contributed by atoms with Gasteiger partial charge < -0.3 is 10.6 Å². The Labute approximate surface area is 185 Å². The average molecular weight is 441 g/mol. The first kappa shape index (κ1) is 21.8. The van der Waals surface area contributed by atoms with E-state index in [1.807, 2.05) is 30.7 Å². The molecule has 1 aromatic heterocycles. The number of aromatic nitrogens is 1. The average Bonchev–Trinajstić information content (AvgIpc) is 3.63. The number of nitrogens with zero attached hydrogens (tertiary/aromatic N) is 2. The molecular formula is C24H32N4O2S. The molecule has 1 saturated heterocycles. The molecule has 166 valence electrons. The highest BCUT2D eigenvalue weighted by molar-refractivity contribution is 7.90. The third-order valence-electron chi connectivity index (χ3n) is 6.08. The molecule has 6 nitrogen and oxygen atoms in total. The molecule has 1 aromatic carbocycles. The Kier molecular flexibility index (Phi) is 6.62. The zero-order valence-electron chi connectivity index (χ0n) is 18.2. The Morgan fingerprint density at radius 3 is 2.71 bits per heavy atom. The predicted molar refractivity (Wildman–Crippen MR) is 128 cm³/mol. The van der Waals surface area contributed by atoms with Crippen LogP contribution < -0.4 is 10.6 Å². The molecule has 0 radical (unpaired) electrons. The summed E-state index contributed by atoms with van der Waals surface area (Å²) in [6.07, 6.45) is 11.9. The van der Waals surface area contributed by atoms with E-state index in [1.165, 1.54) is 0 Å². The van der Waals surface area contributed by atoms with Gasteiger partial charge in [-0.15, -0.1) is 0 Å². The number of piperidine rings is 1. The number of sulfonamides is 1. The number of fused-ring (bicyclic) bond motifs is 1. The number of hydrogen-bond donors (Lipinski definition) is 2. The molecule has 31 heavy (non-hydrogen) atoms. The van der Waals surface area contributed by atoms with Crippen LogP contribution in [0.4, 0.5) is 5.69 Å². The summed E-state index contributed by atoms with van der Waals surface area (Å²) in [7, 11) is -3.08. The van der Waals surface area contributed by atoms with E-state index in [9.17, 15) is 8.42 Å². The van der Waals surface area contributed by atoms with Crippen molar-refractivity contribution in [3.8, 4) is 0 Å². The molecule has 4 rings (SSSR count). The molecule has 2 aromatic rings. The Morgan fingerprint density at radius 2 is 2.03 bits per heavy atom. The van der Waals surface area contributed by atoms with Crippen molar-refractivity contribution in [2.45, 2.75) is 50.3 Å². The molecule has 1 aliphatic heterocycles. The molecule has 0 amide bonds. The van der Waals surface area contributed by atoms with Crippen LogP contribution in [0.1, 0.15) is 44.6 Å². The maximum Gasteiger partial charge on any atom is 0.216 e. The summed E-state index contributed by atoms with van der Waals surface area (Å²) in [6.45, 7) is 8.22. The molecule has 7 heteroatoms. The summed E-state index contributed by atoms with van der Waals surface area (Å²) in [6, 6.07) is 6.57. The topological polar surface area (TPSA) is 74.3 Å². The fraction of sp³-hybridized carbons (Fsp3) is 0.458. The van der Waals surface area contributed by atoms with Crippen LogP contribution in [0.2, 0.25) is 0 Å². The Bertz CT molecular complexity index is 1070. The lowest BCUT2D eigenvalue weighted by molar-refractivity contribution is 0.329. The zero-order chi connectivity index (χ0) is 21.8. The molecule has 2 fully saturated rings. The van der Waals surface area contributed by atoms with Gasteiger partial charge in [-0.1, -0.05) is 19.6 Å². The van der Waals surface area contributed by atoms with Crippen molar-refractivity contribution in [2.75, 3.05) is 25.0 Å². The predicted octanol–water partition coefficient (Wildman–Crippen LogP) is 4.13. The van der Waals surface area contributed by atoms with Gasteiger partial charge in [-0.3, -0.25) is 4.98 Å². The van der Waals surface area contributed by atoms with Gasteiger partial charge in [0.1, 0.15) is 0 Å². The first-order chi connectivity index (χ1) is 15.0. The van der Waals surface area contributed by atoms with Gasteiger partial charge in [0.25, 0.3) is 0 Å². The molecule has 2 N–H and O–H groups in total. The second-order valence-electron chi connectivity index (χ2n) is 8.44. The maximum absolute atomic E-state index is 12.5. The number of allylic oxidation sites excluding steroid dienone is 2. The minimum atomic E-state index is -3.08. The van der Waals surface area contributed by atoms with Crippen LogP contribution in [-0.4, -0.2) is 48.6 Å². The number of rotatable bonds is 9. The van der Waals surface area contributed by atoms with Crippen LogP contribution in [0, 0.1) is 0 Å². The number of pyridine rings is 1. The van der Waals surface area contributed by atoms with E-state index < -0.39 is 10.0 Å². The first-order valence-corrected chi connectivity index (χ1v) is 12.7. The summed E-state index contributed by atoms with van der Waals surface area (Å²) in [4.78, 5) is 4.32. The van der Waals surface area contributed by atoms with Crippen molar-refractivity contribution >= 4 is 32.1 Å². The first-order valence-electron chi connectivity index (χ1n) is 11.2. The molecular weight excluding hydrogens is 408 g/mol. The standard InChI is InChI=1S/C24H32N4O2S/c1-3-10-25-16-18(4-2)20-14-19-7-11-26-17-23(19)24(15-20)27-21-8-12-28(13-9-21)31(29,30)22-5-6-22/h4,7,11,14-17,21-22,25,27H,2-3,5-6,8-10,12-13H2,1H3/b18-16+. The summed E-state index contributed by atoms with van der Waals surface area (Å²) in [5.41, 5.74) is 3.17. The summed E-state index contributed by atoms with van der Waals surface area (Å²) >= 11 is 0. The van der Waals surface area contributed by atoms with Gasteiger partial charge in [0.05, 0.1) is 5.25 Å². The molecule has 0 bridgehead atoms. The number of anilines is 1. The van der Waals surface area contributed by atoms with Gasteiger partial charge in [-0.25, -0.2) is 12.7 Å². The largest absolute Gasteiger partial charge is 0.390 e. The van der Waals surface area contributed by atoms with Gasteiger partial charge in [0.15, 0.2) is 0 Å². The van der Waals surface area contributed by atoms with Crippen molar-refractivity contribution < 1.29 is 8.42 Å². The van der Waals surface area contributed by atoms with Gasteiger partial charge in [-0.2, -0.15) is 0 Å². The van der Waals surface area contributed by atoms with E-state index in [1.54, 1.807) is 4.31 Å². The van der Waals surface area contributed by atoms with E-state index in [2.05, 4.69) is 41.3 Å². The second-order valence-corrected chi connectivity index (χ2v) is 10.7. The van der Waals surface area contributed by atoms with Crippen molar-refractivity contribution in [3.05, 3.63) is 55.0 Å². The quantitative estimate of drug-likeness (QED) is 0.453. The van der Waals surface area contributed by atoms with Crippen LogP contribution in [-0.2, 0) is 10.0 Å². The zero-order valence-corrected chi connectivity index (χ0v) is 19.0. The summed E-state index contributed by atoms with van der Waals surface area (Å²) in [5, 5.41) is 9.08. The molecule has 0 atom stereocenters. The van der Waals surface area contributed by atoms with E-state index in [0.29, 0.717) is 13.1 Å². The maximum atomic E-state index is 12.5. The van der Waals surface area contributed by atoms with Crippen LogP contribution in [0.25, 0.3) is 16.3 Å². The molecule has 0 unspecified atom stereocenters. The fourth-order valence-electron chi connectivity index (χ4n) is 4.12. The summed E-state index contributed by atoms with van der Waals surface area (Å²) < 4.78 is 26.7. The van der Waals surface area contributed by atoms with Crippen molar-refractivity contribution in [2.24, 2.45) is 0 Å². The van der Waals surface area contributed by atoms with Gasteiger partial charge >= 0.3 is 0 Å². The third kappa shape index (κ3) is 4.93. The fourth-order valence-corrected chi connectivity index (χ4v) is 6.00. The molecule has 2 aliphatic rings. The highest BCUT2D eigenvalue weighted by Crippen LogP contribution is 2.34. The minimum Gasteiger partial charge on any atom is -0.390 e. The lowest BCUT2D eigenvalue weighted by Crippen LogP contribution is -2.43. The number of benzene rings is 1. The lowest BCUT2D eigenvalue weighted by Gasteiger charge is -2.32. The monoisotopic (exact) mass is 440 g/mol. The van der Waals surface area contributed by atoms with E-state index >= 15 is 0 Å². The molecule has 0 spiro atoms. The van der Waals surface area contributed by atoms with Crippen molar-refractivity contribution in [1.82, 2.24) is 14.6 Å². The molecule has 1 saturated carbocycles. The normalized spacial score (nSPS) is 18.8. The van der Waals surface area contributed by atoms with E-state index in [0.717, 1.165) is 66.2 Å². The van der Waals surface area contributed by atoms with Crippen molar-refractivity contribution in [3.63, 3.8) is 0 Å². The van der Waals surface area contributed by atoms with Gasteiger partial charge in [0.2, 0.25) is 10.0 Å². The van der Waals surface area contributed by atoms with E-state index in [4.69, 9.17) is 0 Å². The third-order valence-corrected chi connectivity index (χ3v) is 8.48. The van der Waals surface area contributed by atoms with Crippen LogP contribution >= 0.6 is 0 Å². The Hall–Kier alpha value is -2.38. The van der Waals surface area contributed by atoms with Crippen LogP contribution in [0.5, 0.6) is 0 Å². The smallest absolute Gasteiger partial charge is 0.216 e. The van der Waals surface area contributed by atoms with Crippen LogP contribution in [0.15, 0.2) is 49.4 Å². The number of nitrogens with one attached hydrogen (secondary N) is 2. The highest BCUT2D eigenvalue weighted by atomic mass is 32.2. The van der Waals surface area contributed by atoms with E-state index in [-0.39, 0.29) is 11.3 Å². The van der Waals surface area contributed by atoms with Crippen LogP contribution in [0.3, 0.4) is 0 Å². The van der Waals surface area contributed by atoms with Crippen molar-refractivity contribution in [1.29, 1.82) is 0 Å². The SMILES string of the molecule is C=C/C(=C\NCCC)c1cc(NC2CCN(S(=O)(=O)C3CC3)CC2)c2cnccc2c1. The second kappa shape index (κ2) is 9.40. The Balaban J connectivity index is 1.54. The lowest BCUT2D eigenvalue weighted by atomic mass is 9.99. The molecule has 2 heterocycles. The number of hydrogen-bond acceptors (Lipinski definition) is 5. The minimum absolute atomic E-state index is 0.130. The molecule has 1 aliphatic carbocycles. The Morgan fingerprint density at radius 1 is 1.26 bits per heavy atom.